The van der Waals surface area contributed by atoms with Crippen LogP contribution in [0.3, 0.4) is 0 Å². The molecule has 2 fully saturated rings. The first-order valence-electron chi connectivity index (χ1n) is 9.57. The third kappa shape index (κ3) is 2.20. The summed E-state index contributed by atoms with van der Waals surface area (Å²) in [6.45, 7) is 10.8. The van der Waals surface area contributed by atoms with Crippen molar-refractivity contribution in [3.8, 4) is 5.75 Å². The summed E-state index contributed by atoms with van der Waals surface area (Å²) in [5.74, 6) is 3.46. The summed E-state index contributed by atoms with van der Waals surface area (Å²) in [6.07, 6.45) is 10.7. The average molecular weight is 322 g/mol. The molecule has 0 N–H and O–H groups in total. The van der Waals surface area contributed by atoms with Gasteiger partial charge in [-0.3, -0.25) is 0 Å². The Balaban J connectivity index is 1.72. The molecule has 2 saturated carbocycles. The van der Waals surface area contributed by atoms with Crippen LogP contribution in [-0.4, -0.2) is 7.11 Å². The Kier molecular flexibility index (Phi) is 3.86. The lowest BCUT2D eigenvalue weighted by Crippen LogP contribution is -2.40. The number of rotatable bonds is 3. The van der Waals surface area contributed by atoms with Gasteiger partial charge in [-0.05, 0) is 90.9 Å². The van der Waals surface area contributed by atoms with Gasteiger partial charge in [0.15, 0.2) is 0 Å². The van der Waals surface area contributed by atoms with Gasteiger partial charge in [0, 0.05) is 0 Å². The molecule has 3 aliphatic carbocycles. The molecule has 4 unspecified atom stereocenters. The maximum atomic E-state index is 5.71. The predicted octanol–water partition coefficient (Wildman–Crippen LogP) is 5.84. The van der Waals surface area contributed by atoms with E-state index < -0.39 is 0 Å². The van der Waals surface area contributed by atoms with Crippen LogP contribution in [-0.2, 0) is 12.8 Å². The van der Waals surface area contributed by atoms with Gasteiger partial charge in [0.25, 0.3) is 0 Å². The molecule has 4 atom stereocenters. The van der Waals surface area contributed by atoms with E-state index >= 15 is 0 Å². The highest BCUT2D eigenvalue weighted by Crippen LogP contribution is 2.62. The van der Waals surface area contributed by atoms with Crippen molar-refractivity contribution in [3.63, 3.8) is 0 Å². The number of hydrogen-bond donors (Lipinski definition) is 0. The highest BCUT2D eigenvalue weighted by atomic mass is 16.5. The van der Waals surface area contributed by atoms with E-state index in [4.69, 9.17) is 4.74 Å². The molecule has 1 nitrogen and oxygen atoms in total. The Hall–Kier alpha value is -1.50. The number of ether oxygens (including phenoxy) is 1. The van der Waals surface area contributed by atoms with E-state index in [1.54, 1.807) is 18.2 Å². The van der Waals surface area contributed by atoms with E-state index in [0.717, 1.165) is 29.9 Å². The van der Waals surface area contributed by atoms with E-state index in [1.165, 1.54) is 49.7 Å². The van der Waals surface area contributed by atoms with Crippen molar-refractivity contribution >= 4 is 0 Å². The molecule has 4 rings (SSSR count). The molecule has 0 aliphatic heterocycles. The van der Waals surface area contributed by atoms with Crippen molar-refractivity contribution in [1.29, 1.82) is 0 Å². The minimum atomic E-state index is 0.408. The molecule has 128 valence electrons. The lowest BCUT2D eigenvalue weighted by atomic mass is 9.55. The lowest BCUT2D eigenvalue weighted by molar-refractivity contribution is 0.0815. The second-order valence-electron chi connectivity index (χ2n) is 8.37. The fraction of sp³-hybridized carbons (Fsp3) is 0.565. The normalized spacial score (nSPS) is 34.2. The molecule has 0 heterocycles. The minimum Gasteiger partial charge on any atom is -0.496 e. The molecule has 1 heteroatoms. The van der Waals surface area contributed by atoms with Crippen LogP contribution in [0.15, 0.2) is 36.9 Å². The van der Waals surface area contributed by atoms with Crippen LogP contribution in [0.1, 0.15) is 61.6 Å². The molecule has 24 heavy (non-hydrogen) atoms. The highest BCUT2D eigenvalue weighted by Gasteiger charge is 2.51. The quantitative estimate of drug-likeness (QED) is 0.636. The number of hydrogen-bond acceptors (Lipinski definition) is 1. The Morgan fingerprint density at radius 3 is 2.83 bits per heavy atom. The maximum Gasteiger partial charge on any atom is 0.122 e. The van der Waals surface area contributed by atoms with Gasteiger partial charge in [0.1, 0.15) is 5.75 Å². The predicted molar refractivity (Wildman–Crippen MR) is 101 cm³/mol. The zero-order valence-electron chi connectivity index (χ0n) is 15.2. The Morgan fingerprint density at radius 1 is 1.25 bits per heavy atom. The van der Waals surface area contributed by atoms with Crippen molar-refractivity contribution in [2.45, 2.75) is 57.8 Å². The van der Waals surface area contributed by atoms with Crippen molar-refractivity contribution in [2.24, 2.45) is 17.3 Å². The maximum absolute atomic E-state index is 5.71. The summed E-state index contributed by atoms with van der Waals surface area (Å²) >= 11 is 0. The van der Waals surface area contributed by atoms with E-state index in [9.17, 15) is 0 Å². The molecular formula is C23H30O. The van der Waals surface area contributed by atoms with Crippen LogP contribution in [0.2, 0.25) is 0 Å². The summed E-state index contributed by atoms with van der Waals surface area (Å²) in [5.41, 5.74) is 6.37. The van der Waals surface area contributed by atoms with Crippen LogP contribution in [0.4, 0.5) is 0 Å². The van der Waals surface area contributed by atoms with Gasteiger partial charge < -0.3 is 4.74 Å². The van der Waals surface area contributed by atoms with Crippen LogP contribution in [0.5, 0.6) is 5.75 Å². The topological polar surface area (TPSA) is 9.23 Å². The number of aryl methyl sites for hydroxylation is 1. The standard InChI is InChI=1S/C23H30O/c1-5-6-17-13-16-8-9-19-18(20(16)14-22(17)24-4)11-12-23(3)15(2)7-10-21(19)23/h5,13-14,18-19,21H,1-2,6-12H2,3-4H3. The third-order valence-electron chi connectivity index (χ3n) is 7.44. The second kappa shape index (κ2) is 5.79. The largest absolute Gasteiger partial charge is 0.496 e. The monoisotopic (exact) mass is 322 g/mol. The molecule has 1 aromatic rings. The van der Waals surface area contributed by atoms with Crippen LogP contribution in [0, 0.1) is 17.3 Å². The lowest BCUT2D eigenvalue weighted by Gasteiger charge is -2.49. The van der Waals surface area contributed by atoms with E-state index in [1.807, 2.05) is 6.08 Å². The summed E-state index contributed by atoms with van der Waals surface area (Å²) in [5, 5.41) is 0. The number of methoxy groups -OCH3 is 1. The van der Waals surface area contributed by atoms with Gasteiger partial charge >= 0.3 is 0 Å². The first kappa shape index (κ1) is 16.0. The van der Waals surface area contributed by atoms with Gasteiger partial charge in [-0.25, -0.2) is 0 Å². The summed E-state index contributed by atoms with van der Waals surface area (Å²) in [6, 6.07) is 4.75. The van der Waals surface area contributed by atoms with Crippen LogP contribution < -0.4 is 4.74 Å². The van der Waals surface area contributed by atoms with Crippen molar-refractivity contribution < 1.29 is 4.74 Å². The van der Waals surface area contributed by atoms with Crippen molar-refractivity contribution in [3.05, 3.63) is 53.6 Å². The van der Waals surface area contributed by atoms with Gasteiger partial charge in [-0.15, -0.1) is 6.58 Å². The summed E-state index contributed by atoms with van der Waals surface area (Å²) < 4.78 is 5.71. The fourth-order valence-electron chi connectivity index (χ4n) is 6.06. The number of benzene rings is 1. The molecule has 0 amide bonds. The Morgan fingerprint density at radius 2 is 2.08 bits per heavy atom. The van der Waals surface area contributed by atoms with E-state index in [-0.39, 0.29) is 0 Å². The van der Waals surface area contributed by atoms with E-state index in [0.29, 0.717) is 5.41 Å². The SMILES string of the molecule is C=CCc1cc2c(cc1OC)C1CCC3(C)C(=C)CCC3C1CC2. The van der Waals surface area contributed by atoms with Gasteiger partial charge in [-0.2, -0.15) is 0 Å². The molecule has 1 aromatic carbocycles. The molecule has 3 aliphatic rings. The first-order chi connectivity index (χ1) is 11.6. The molecule has 0 radical (unpaired) electrons. The van der Waals surface area contributed by atoms with Crippen LogP contribution in [0.25, 0.3) is 0 Å². The number of fused-ring (bicyclic) bond motifs is 5. The smallest absolute Gasteiger partial charge is 0.122 e. The molecule has 0 saturated heterocycles. The molecule has 0 spiro atoms. The Bertz CT molecular complexity index is 686. The van der Waals surface area contributed by atoms with Crippen LogP contribution >= 0.6 is 0 Å². The Labute approximate surface area is 146 Å². The van der Waals surface area contributed by atoms with Gasteiger partial charge in [0.2, 0.25) is 0 Å². The van der Waals surface area contributed by atoms with E-state index in [2.05, 4.69) is 32.2 Å². The third-order valence-corrected chi connectivity index (χ3v) is 7.44. The van der Waals surface area contributed by atoms with Gasteiger partial charge in [-0.1, -0.05) is 31.2 Å². The molecular weight excluding hydrogens is 292 g/mol. The molecule has 0 aromatic heterocycles. The zero-order chi connectivity index (χ0) is 16.9. The highest BCUT2D eigenvalue weighted by molar-refractivity contribution is 5.47. The average Bonchev–Trinajstić information content (AvgIpc) is 2.89. The first-order valence-corrected chi connectivity index (χ1v) is 9.57. The van der Waals surface area contributed by atoms with Crippen molar-refractivity contribution in [2.75, 3.05) is 7.11 Å². The second-order valence-corrected chi connectivity index (χ2v) is 8.37. The fourth-order valence-corrected chi connectivity index (χ4v) is 6.06. The molecule has 0 bridgehead atoms. The summed E-state index contributed by atoms with van der Waals surface area (Å²) in [4.78, 5) is 0. The van der Waals surface area contributed by atoms with Crippen molar-refractivity contribution in [1.82, 2.24) is 0 Å². The zero-order valence-corrected chi connectivity index (χ0v) is 15.2. The summed E-state index contributed by atoms with van der Waals surface area (Å²) in [7, 11) is 1.80. The van der Waals surface area contributed by atoms with Gasteiger partial charge in [0.05, 0.1) is 7.11 Å². The number of allylic oxidation sites excluding steroid dienone is 2. The minimum absolute atomic E-state index is 0.408.